The summed E-state index contributed by atoms with van der Waals surface area (Å²) in [5.74, 6) is 0.612. The van der Waals surface area contributed by atoms with Crippen molar-refractivity contribution in [2.45, 2.75) is 13.0 Å². The van der Waals surface area contributed by atoms with Gasteiger partial charge < -0.3 is 5.32 Å². The molecule has 0 saturated heterocycles. The SMILES string of the molecule is CC(Nc1ccc([N+](=O)[O-])cn1)c1ccc(Br)cc1. The van der Waals surface area contributed by atoms with E-state index in [1.165, 1.54) is 12.3 Å². The standard InChI is InChI=1S/C13H12BrN3O2/c1-9(10-2-4-11(14)5-3-10)16-13-7-6-12(8-15-13)17(18)19/h2-9H,1H3,(H,15,16). The smallest absolute Gasteiger partial charge is 0.287 e. The van der Waals surface area contributed by atoms with Crippen molar-refractivity contribution in [2.75, 3.05) is 5.32 Å². The topological polar surface area (TPSA) is 68.1 Å². The zero-order valence-electron chi connectivity index (χ0n) is 10.2. The third kappa shape index (κ3) is 3.51. The van der Waals surface area contributed by atoms with E-state index in [9.17, 15) is 10.1 Å². The van der Waals surface area contributed by atoms with Crippen LogP contribution in [0.3, 0.4) is 0 Å². The maximum absolute atomic E-state index is 10.5. The van der Waals surface area contributed by atoms with Gasteiger partial charge in [-0.1, -0.05) is 28.1 Å². The fourth-order valence-corrected chi connectivity index (χ4v) is 1.90. The largest absolute Gasteiger partial charge is 0.364 e. The molecule has 1 atom stereocenters. The lowest BCUT2D eigenvalue weighted by Crippen LogP contribution is -2.07. The molecule has 0 bridgehead atoms. The van der Waals surface area contributed by atoms with Crippen molar-refractivity contribution in [1.29, 1.82) is 0 Å². The van der Waals surface area contributed by atoms with Crippen molar-refractivity contribution < 1.29 is 4.92 Å². The van der Waals surface area contributed by atoms with E-state index in [0.29, 0.717) is 5.82 Å². The van der Waals surface area contributed by atoms with Gasteiger partial charge in [0.2, 0.25) is 0 Å². The molecule has 98 valence electrons. The molecule has 0 aliphatic rings. The van der Waals surface area contributed by atoms with Crippen LogP contribution >= 0.6 is 15.9 Å². The Bertz CT molecular complexity index is 569. The highest BCUT2D eigenvalue weighted by Crippen LogP contribution is 2.21. The lowest BCUT2D eigenvalue weighted by molar-refractivity contribution is -0.385. The Labute approximate surface area is 119 Å². The van der Waals surface area contributed by atoms with Gasteiger partial charge in [0.25, 0.3) is 5.69 Å². The highest BCUT2D eigenvalue weighted by molar-refractivity contribution is 9.10. The Morgan fingerprint density at radius 1 is 1.26 bits per heavy atom. The Morgan fingerprint density at radius 3 is 2.47 bits per heavy atom. The van der Waals surface area contributed by atoms with Crippen molar-refractivity contribution in [3.05, 3.63) is 62.7 Å². The average molecular weight is 322 g/mol. The van der Waals surface area contributed by atoms with Crippen molar-refractivity contribution >= 4 is 27.4 Å². The monoisotopic (exact) mass is 321 g/mol. The van der Waals surface area contributed by atoms with Gasteiger partial charge in [0.15, 0.2) is 0 Å². The van der Waals surface area contributed by atoms with Gasteiger partial charge >= 0.3 is 0 Å². The number of nitrogens with zero attached hydrogens (tertiary/aromatic N) is 2. The first-order valence-electron chi connectivity index (χ1n) is 5.68. The van der Waals surface area contributed by atoms with Crippen molar-refractivity contribution in [2.24, 2.45) is 0 Å². The van der Waals surface area contributed by atoms with Gasteiger partial charge in [-0.15, -0.1) is 0 Å². The number of nitrogens with one attached hydrogen (secondary N) is 1. The molecule has 6 heteroatoms. The first-order chi connectivity index (χ1) is 9.06. The van der Waals surface area contributed by atoms with Crippen LogP contribution in [-0.2, 0) is 0 Å². The van der Waals surface area contributed by atoms with Crippen LogP contribution in [0.25, 0.3) is 0 Å². The van der Waals surface area contributed by atoms with Crippen molar-refractivity contribution in [1.82, 2.24) is 4.98 Å². The van der Waals surface area contributed by atoms with Crippen molar-refractivity contribution in [3.8, 4) is 0 Å². The molecule has 0 saturated carbocycles. The summed E-state index contributed by atoms with van der Waals surface area (Å²) in [4.78, 5) is 14.1. The van der Waals surface area contributed by atoms with Gasteiger partial charge in [0.1, 0.15) is 12.0 Å². The summed E-state index contributed by atoms with van der Waals surface area (Å²) in [6, 6.07) is 11.1. The van der Waals surface area contributed by atoms with Crippen LogP contribution in [0, 0.1) is 10.1 Å². The van der Waals surface area contributed by atoms with Crippen LogP contribution in [0.2, 0.25) is 0 Å². The number of pyridine rings is 1. The predicted octanol–water partition coefficient (Wildman–Crippen LogP) is 3.93. The lowest BCUT2D eigenvalue weighted by Gasteiger charge is -2.14. The van der Waals surface area contributed by atoms with Gasteiger partial charge in [-0.3, -0.25) is 10.1 Å². The molecule has 0 spiro atoms. The molecule has 1 heterocycles. The van der Waals surface area contributed by atoms with Crippen LogP contribution in [0.15, 0.2) is 47.1 Å². The van der Waals surface area contributed by atoms with Gasteiger partial charge in [0.05, 0.1) is 4.92 Å². The Morgan fingerprint density at radius 2 is 1.95 bits per heavy atom. The van der Waals surface area contributed by atoms with E-state index in [0.717, 1.165) is 10.0 Å². The fourth-order valence-electron chi connectivity index (χ4n) is 1.64. The predicted molar refractivity (Wildman–Crippen MR) is 77.1 cm³/mol. The molecule has 1 N–H and O–H groups in total. The molecule has 2 rings (SSSR count). The van der Waals surface area contributed by atoms with Gasteiger partial charge in [-0.2, -0.15) is 0 Å². The summed E-state index contributed by atoms with van der Waals surface area (Å²) < 4.78 is 1.02. The molecule has 0 aliphatic heterocycles. The normalized spacial score (nSPS) is 11.9. The highest BCUT2D eigenvalue weighted by atomic mass is 79.9. The summed E-state index contributed by atoms with van der Waals surface area (Å²) in [5.41, 5.74) is 1.10. The maximum atomic E-state index is 10.5. The maximum Gasteiger partial charge on any atom is 0.287 e. The minimum atomic E-state index is -0.463. The Hall–Kier alpha value is -1.95. The number of hydrogen-bond donors (Lipinski definition) is 1. The quantitative estimate of drug-likeness (QED) is 0.684. The number of benzene rings is 1. The second kappa shape index (κ2) is 5.79. The van der Waals surface area contributed by atoms with E-state index in [-0.39, 0.29) is 11.7 Å². The van der Waals surface area contributed by atoms with Gasteiger partial charge in [-0.05, 0) is 30.7 Å². The van der Waals surface area contributed by atoms with E-state index < -0.39 is 4.92 Å². The van der Waals surface area contributed by atoms with E-state index in [1.807, 2.05) is 31.2 Å². The zero-order valence-corrected chi connectivity index (χ0v) is 11.8. The molecule has 19 heavy (non-hydrogen) atoms. The number of nitro groups is 1. The third-order valence-corrected chi connectivity index (χ3v) is 3.22. The third-order valence-electron chi connectivity index (χ3n) is 2.69. The summed E-state index contributed by atoms with van der Waals surface area (Å²) in [6.07, 6.45) is 1.25. The average Bonchev–Trinajstić information content (AvgIpc) is 2.40. The van der Waals surface area contributed by atoms with Crippen LogP contribution in [-0.4, -0.2) is 9.91 Å². The minimum absolute atomic E-state index is 0.0122. The molecule has 5 nitrogen and oxygen atoms in total. The summed E-state index contributed by atoms with van der Waals surface area (Å²) >= 11 is 3.39. The molecule has 1 aromatic carbocycles. The summed E-state index contributed by atoms with van der Waals surface area (Å²) in [5, 5.41) is 13.7. The van der Waals surface area contributed by atoms with Gasteiger partial charge in [-0.25, -0.2) is 4.98 Å². The summed E-state index contributed by atoms with van der Waals surface area (Å²) in [7, 11) is 0. The zero-order chi connectivity index (χ0) is 13.8. The number of halogens is 1. The van der Waals surface area contributed by atoms with E-state index in [2.05, 4.69) is 26.2 Å². The van der Waals surface area contributed by atoms with E-state index >= 15 is 0 Å². The molecular weight excluding hydrogens is 310 g/mol. The molecule has 0 aliphatic carbocycles. The highest BCUT2D eigenvalue weighted by Gasteiger charge is 2.08. The minimum Gasteiger partial charge on any atom is -0.364 e. The second-order valence-corrected chi connectivity index (χ2v) is 4.99. The molecule has 1 aromatic heterocycles. The van der Waals surface area contributed by atoms with E-state index in [1.54, 1.807) is 6.07 Å². The number of rotatable bonds is 4. The second-order valence-electron chi connectivity index (χ2n) is 4.08. The molecule has 0 radical (unpaired) electrons. The fraction of sp³-hybridized carbons (Fsp3) is 0.154. The number of aromatic nitrogens is 1. The molecule has 0 amide bonds. The molecular formula is C13H12BrN3O2. The van der Waals surface area contributed by atoms with Crippen LogP contribution in [0.5, 0.6) is 0 Å². The van der Waals surface area contributed by atoms with Gasteiger partial charge in [0, 0.05) is 16.6 Å². The van der Waals surface area contributed by atoms with E-state index in [4.69, 9.17) is 0 Å². The van der Waals surface area contributed by atoms with Crippen molar-refractivity contribution in [3.63, 3.8) is 0 Å². The van der Waals surface area contributed by atoms with Crippen LogP contribution < -0.4 is 5.32 Å². The number of anilines is 1. The molecule has 0 fully saturated rings. The Balaban J connectivity index is 2.08. The first kappa shape index (κ1) is 13.5. The molecule has 1 unspecified atom stereocenters. The summed E-state index contributed by atoms with van der Waals surface area (Å²) in [6.45, 7) is 2.01. The molecule has 2 aromatic rings. The Kier molecular flexibility index (Phi) is 4.11. The van der Waals surface area contributed by atoms with Crippen LogP contribution in [0.4, 0.5) is 11.5 Å². The van der Waals surface area contributed by atoms with Crippen LogP contribution in [0.1, 0.15) is 18.5 Å². The lowest BCUT2D eigenvalue weighted by atomic mass is 10.1. The number of hydrogen-bond acceptors (Lipinski definition) is 4. The first-order valence-corrected chi connectivity index (χ1v) is 6.48.